The molecule has 0 radical (unpaired) electrons. The third-order valence-corrected chi connectivity index (χ3v) is 9.98. The van der Waals surface area contributed by atoms with Crippen LogP contribution in [0, 0.1) is 11.3 Å². The summed E-state index contributed by atoms with van der Waals surface area (Å²) in [5, 5.41) is 3.73. The van der Waals surface area contributed by atoms with Crippen molar-refractivity contribution in [2.75, 3.05) is 39.8 Å². The molecule has 2 aromatic carbocycles. The maximum absolute atomic E-state index is 14.3. The number of ether oxygens (including phenoxy) is 5. The second-order valence-corrected chi connectivity index (χ2v) is 11.0. The van der Waals surface area contributed by atoms with E-state index in [0.717, 1.165) is 16.8 Å². The minimum Gasteiger partial charge on any atom is -0.493 e. The number of anilines is 1. The molecule has 9 heteroatoms. The van der Waals surface area contributed by atoms with Crippen LogP contribution in [0.2, 0.25) is 0 Å². The molecular weight excluding hydrogens is 500 g/mol. The van der Waals surface area contributed by atoms with Crippen LogP contribution in [0.5, 0.6) is 11.5 Å². The molecule has 6 atom stereocenters. The summed E-state index contributed by atoms with van der Waals surface area (Å²) in [6.45, 7) is 2.57. The minimum atomic E-state index is -1.20. The second-order valence-electron chi connectivity index (χ2n) is 11.0. The van der Waals surface area contributed by atoms with Crippen LogP contribution in [0.25, 0.3) is 0 Å². The summed E-state index contributed by atoms with van der Waals surface area (Å²) in [6, 6.07) is 13.1. The smallest absolute Gasteiger partial charge is 0.338 e. The average Bonchev–Trinajstić information content (AvgIpc) is 3.59. The Morgan fingerprint density at radius 3 is 2.67 bits per heavy atom. The van der Waals surface area contributed by atoms with Gasteiger partial charge in [-0.05, 0) is 43.2 Å². The SMILES string of the molecule is CC=C1CN2C3CC45c6ccccc6NC4(O3)C2CC1C5(COC(=O)c1ccc(OC)c(OC)c1)C(=O)OC. The molecule has 1 spiro atoms. The molecule has 4 heterocycles. The molecule has 6 unspecified atom stereocenters. The van der Waals surface area contributed by atoms with Crippen molar-refractivity contribution in [3.63, 3.8) is 0 Å². The molecule has 4 bridgehead atoms. The molecule has 1 N–H and O–H groups in total. The molecule has 39 heavy (non-hydrogen) atoms. The summed E-state index contributed by atoms with van der Waals surface area (Å²) in [6.07, 6.45) is 3.24. The van der Waals surface area contributed by atoms with E-state index in [1.165, 1.54) is 21.3 Å². The number of esters is 2. The molecule has 9 nitrogen and oxygen atoms in total. The van der Waals surface area contributed by atoms with Gasteiger partial charge in [-0.3, -0.25) is 9.69 Å². The normalized spacial score (nSPS) is 35.8. The number of rotatable bonds is 6. The molecule has 204 valence electrons. The Kier molecular flexibility index (Phi) is 5.16. The number of nitrogens with zero attached hydrogens (tertiary/aromatic N) is 1. The van der Waals surface area contributed by atoms with Crippen LogP contribution in [0.1, 0.15) is 35.7 Å². The van der Waals surface area contributed by atoms with Crippen LogP contribution in [0.4, 0.5) is 5.69 Å². The van der Waals surface area contributed by atoms with Crippen molar-refractivity contribution >= 4 is 17.6 Å². The summed E-state index contributed by atoms with van der Waals surface area (Å²) in [5.74, 6) is -0.177. The summed E-state index contributed by atoms with van der Waals surface area (Å²) < 4.78 is 29.3. The van der Waals surface area contributed by atoms with Gasteiger partial charge in [0.1, 0.15) is 18.2 Å². The maximum Gasteiger partial charge on any atom is 0.338 e. The van der Waals surface area contributed by atoms with Crippen molar-refractivity contribution in [1.82, 2.24) is 4.90 Å². The van der Waals surface area contributed by atoms with E-state index in [9.17, 15) is 9.59 Å². The van der Waals surface area contributed by atoms with Gasteiger partial charge in [0.15, 0.2) is 17.2 Å². The van der Waals surface area contributed by atoms with E-state index < -0.39 is 22.5 Å². The average molecular weight is 533 g/mol. The van der Waals surface area contributed by atoms with Crippen LogP contribution in [0.15, 0.2) is 54.1 Å². The molecule has 0 aromatic heterocycles. The predicted molar refractivity (Wildman–Crippen MR) is 141 cm³/mol. The number of hydrogen-bond donors (Lipinski definition) is 1. The molecule has 1 saturated carbocycles. The fourth-order valence-corrected chi connectivity index (χ4v) is 8.52. The van der Waals surface area contributed by atoms with Gasteiger partial charge in [0.25, 0.3) is 0 Å². The minimum absolute atomic E-state index is 0.0803. The third kappa shape index (κ3) is 2.72. The van der Waals surface area contributed by atoms with E-state index in [1.807, 2.05) is 25.1 Å². The second kappa shape index (κ2) is 8.22. The summed E-state index contributed by atoms with van der Waals surface area (Å²) in [5.41, 5.74) is 0.618. The van der Waals surface area contributed by atoms with E-state index in [0.29, 0.717) is 36.4 Å². The van der Waals surface area contributed by atoms with Crippen LogP contribution in [-0.2, 0) is 24.4 Å². The van der Waals surface area contributed by atoms with Gasteiger partial charge in [0, 0.05) is 24.6 Å². The number of hydrogen-bond acceptors (Lipinski definition) is 9. The number of fused-ring (bicyclic) bond motifs is 4. The standard InChI is InChI=1S/C30H32N2O7/c1-5-17-15-32-24-13-20(17)28(27(34)37-4,16-38-26(33)18-10-11-22(35-2)23(12-18)36-3)29-14-25(32)39-30(24,29)31-21-9-7-6-8-19(21)29/h5-12,20,24-25,31H,13-16H2,1-4H3. The Bertz CT molecular complexity index is 1420. The topological polar surface area (TPSA) is 95.6 Å². The van der Waals surface area contributed by atoms with Gasteiger partial charge in [0.05, 0.1) is 38.3 Å². The van der Waals surface area contributed by atoms with Gasteiger partial charge in [0.2, 0.25) is 0 Å². The van der Waals surface area contributed by atoms with Crippen LogP contribution in [0.3, 0.4) is 0 Å². The summed E-state index contributed by atoms with van der Waals surface area (Å²) in [7, 11) is 4.47. The Balaban J connectivity index is 1.38. The Morgan fingerprint density at radius 1 is 1.13 bits per heavy atom. The van der Waals surface area contributed by atoms with E-state index in [2.05, 4.69) is 22.4 Å². The zero-order valence-electron chi connectivity index (χ0n) is 22.5. The lowest BCUT2D eigenvalue weighted by Crippen LogP contribution is -2.78. The lowest BCUT2D eigenvalue weighted by Gasteiger charge is -2.64. The van der Waals surface area contributed by atoms with Crippen molar-refractivity contribution < 1.29 is 33.3 Å². The monoisotopic (exact) mass is 532 g/mol. The molecule has 4 fully saturated rings. The molecule has 7 rings (SSSR count). The number of para-hydroxylation sites is 1. The highest BCUT2D eigenvalue weighted by atomic mass is 16.6. The van der Waals surface area contributed by atoms with E-state index in [1.54, 1.807) is 18.2 Å². The lowest BCUT2D eigenvalue weighted by atomic mass is 9.42. The summed E-state index contributed by atoms with van der Waals surface area (Å²) in [4.78, 5) is 30.3. The first kappa shape index (κ1) is 24.5. The van der Waals surface area contributed by atoms with Gasteiger partial charge in [-0.2, -0.15) is 0 Å². The molecular formula is C30H32N2O7. The van der Waals surface area contributed by atoms with Gasteiger partial charge in [-0.1, -0.05) is 29.8 Å². The van der Waals surface area contributed by atoms with Crippen molar-refractivity contribution in [2.45, 2.75) is 43.2 Å². The van der Waals surface area contributed by atoms with Crippen LogP contribution < -0.4 is 14.8 Å². The van der Waals surface area contributed by atoms with E-state index in [-0.39, 0.29) is 30.8 Å². The summed E-state index contributed by atoms with van der Waals surface area (Å²) >= 11 is 0. The van der Waals surface area contributed by atoms with Crippen molar-refractivity contribution in [3.05, 3.63) is 65.2 Å². The number of methoxy groups -OCH3 is 3. The molecule has 5 aliphatic rings. The van der Waals surface area contributed by atoms with E-state index in [4.69, 9.17) is 23.7 Å². The number of allylic oxidation sites excluding steroid dienone is 1. The largest absolute Gasteiger partial charge is 0.493 e. The Morgan fingerprint density at radius 2 is 1.92 bits per heavy atom. The Labute approximate surface area is 227 Å². The van der Waals surface area contributed by atoms with Gasteiger partial charge < -0.3 is 29.0 Å². The van der Waals surface area contributed by atoms with Gasteiger partial charge >= 0.3 is 11.9 Å². The highest BCUT2D eigenvalue weighted by molar-refractivity contribution is 5.91. The first-order valence-electron chi connectivity index (χ1n) is 13.3. The van der Waals surface area contributed by atoms with Crippen molar-refractivity contribution in [3.8, 4) is 11.5 Å². The van der Waals surface area contributed by atoms with Gasteiger partial charge in [-0.25, -0.2) is 4.79 Å². The quantitative estimate of drug-likeness (QED) is 0.443. The van der Waals surface area contributed by atoms with Gasteiger partial charge in [-0.15, -0.1) is 0 Å². The van der Waals surface area contributed by atoms with Crippen LogP contribution in [-0.4, -0.2) is 69.3 Å². The zero-order chi connectivity index (χ0) is 27.2. The number of carbonyl (C=O) groups is 2. The Hall–Kier alpha value is -3.56. The first-order valence-corrected chi connectivity index (χ1v) is 13.3. The molecule has 3 saturated heterocycles. The number of piperidine rings is 2. The van der Waals surface area contributed by atoms with Crippen molar-refractivity contribution in [2.24, 2.45) is 11.3 Å². The molecule has 2 aromatic rings. The fourth-order valence-electron chi connectivity index (χ4n) is 8.52. The highest BCUT2D eigenvalue weighted by Crippen LogP contribution is 2.76. The number of carbonyl (C=O) groups excluding carboxylic acids is 2. The molecule has 1 aliphatic carbocycles. The molecule has 4 aliphatic heterocycles. The lowest BCUT2D eigenvalue weighted by molar-refractivity contribution is -0.191. The molecule has 0 amide bonds. The third-order valence-electron chi connectivity index (χ3n) is 9.98. The van der Waals surface area contributed by atoms with Crippen molar-refractivity contribution in [1.29, 1.82) is 0 Å². The van der Waals surface area contributed by atoms with E-state index >= 15 is 0 Å². The highest BCUT2D eigenvalue weighted by Gasteiger charge is 2.87. The first-order chi connectivity index (χ1) is 18.9. The van der Waals surface area contributed by atoms with Crippen LogP contribution >= 0.6 is 0 Å². The number of nitrogens with one attached hydrogen (secondary N) is 1. The zero-order valence-corrected chi connectivity index (χ0v) is 22.5. The predicted octanol–water partition coefficient (Wildman–Crippen LogP) is 3.49. The maximum atomic E-state index is 14.3. The fraction of sp³-hybridized carbons (Fsp3) is 0.467. The number of benzene rings is 2.